The first-order valence-electron chi connectivity index (χ1n) is 15.0. The van der Waals surface area contributed by atoms with Crippen LogP contribution in [0.15, 0.2) is 72.9 Å². The highest BCUT2D eigenvalue weighted by Gasteiger charge is 2.22. The van der Waals surface area contributed by atoms with Gasteiger partial charge in [0.05, 0.1) is 30.6 Å². The standard InChI is InChI=1S/C20H25N5.C7H14N2O3.C6H4F2.C2H2/c1-15-19(16-10-12-22-17(14-16)11-13-24(3)4)23-25(20(15)21-2)18-8-6-5-7-9-18;1-11-3-2-9-4-7(5-12-9)8-6-10;7-5-3-1-2-4-6(5)8;1-2/h5-10,12,14,21H,11,13H2,1-4H3;6-7H,2-5H2,1H3,(H,8,10);1-4H;1-2H/t;7-;;/m.1../s1. The van der Waals surface area contributed by atoms with Crippen LogP contribution < -0.4 is 10.6 Å². The number of benzene rings is 2. The molecule has 1 saturated heterocycles. The number of amides is 1. The van der Waals surface area contributed by atoms with Crippen molar-refractivity contribution in [1.82, 2.24) is 30.0 Å². The van der Waals surface area contributed by atoms with E-state index in [0.29, 0.717) is 19.6 Å². The van der Waals surface area contributed by atoms with Gasteiger partial charge >= 0.3 is 0 Å². The molecule has 10 nitrogen and oxygen atoms in total. The Morgan fingerprint density at radius 2 is 1.74 bits per heavy atom. The van der Waals surface area contributed by atoms with E-state index in [1.165, 1.54) is 12.1 Å². The molecule has 1 aliphatic heterocycles. The number of carbonyl (C=O) groups excluding carboxylic acids is 1. The molecular formula is C35H45F2N7O3. The zero-order chi connectivity index (χ0) is 34.6. The van der Waals surface area contributed by atoms with Crippen LogP contribution >= 0.6 is 0 Å². The maximum atomic E-state index is 11.9. The van der Waals surface area contributed by atoms with Gasteiger partial charge in [0.1, 0.15) is 5.82 Å². The normalized spacial score (nSPS) is 13.7. The first-order valence-corrected chi connectivity index (χ1v) is 15.0. The molecule has 0 spiro atoms. The monoisotopic (exact) mass is 649 g/mol. The van der Waals surface area contributed by atoms with Crippen LogP contribution in [0.4, 0.5) is 14.6 Å². The molecular weight excluding hydrogens is 604 g/mol. The van der Waals surface area contributed by atoms with Gasteiger partial charge in [0.15, 0.2) is 11.6 Å². The molecule has 252 valence electrons. The second-order valence-corrected chi connectivity index (χ2v) is 10.5. The maximum Gasteiger partial charge on any atom is 0.207 e. The van der Waals surface area contributed by atoms with E-state index in [1.54, 1.807) is 12.2 Å². The van der Waals surface area contributed by atoms with Gasteiger partial charge in [-0.05, 0) is 57.4 Å². The summed E-state index contributed by atoms with van der Waals surface area (Å²) in [6.45, 7) is 5.77. The second kappa shape index (κ2) is 21.2. The molecule has 0 aliphatic carbocycles. The third-order valence-corrected chi connectivity index (χ3v) is 6.82. The Morgan fingerprint density at radius 1 is 1.09 bits per heavy atom. The average Bonchev–Trinajstić information content (AvgIpc) is 3.69. The highest BCUT2D eigenvalue weighted by Crippen LogP contribution is 2.30. The number of para-hydroxylation sites is 1. The Bertz CT molecular complexity index is 1480. The van der Waals surface area contributed by atoms with Crippen LogP contribution in [0.5, 0.6) is 0 Å². The number of hydrogen-bond donors (Lipinski definition) is 2. The van der Waals surface area contributed by atoms with E-state index in [4.69, 9.17) is 14.7 Å². The Morgan fingerprint density at radius 3 is 2.32 bits per heavy atom. The van der Waals surface area contributed by atoms with E-state index in [-0.39, 0.29) is 6.04 Å². The molecule has 47 heavy (non-hydrogen) atoms. The fourth-order valence-electron chi connectivity index (χ4n) is 4.45. The number of nitrogens with zero attached hydrogens (tertiary/aromatic N) is 5. The van der Waals surface area contributed by atoms with Gasteiger partial charge in [-0.15, -0.1) is 12.8 Å². The third-order valence-electron chi connectivity index (χ3n) is 6.82. The van der Waals surface area contributed by atoms with Crippen molar-refractivity contribution in [2.24, 2.45) is 0 Å². The number of methoxy groups -OCH3 is 1. The summed E-state index contributed by atoms with van der Waals surface area (Å²) in [4.78, 5) is 22.0. The summed E-state index contributed by atoms with van der Waals surface area (Å²) in [5.41, 5.74) is 5.36. The van der Waals surface area contributed by atoms with Gasteiger partial charge < -0.3 is 20.3 Å². The van der Waals surface area contributed by atoms with E-state index in [9.17, 15) is 13.6 Å². The summed E-state index contributed by atoms with van der Waals surface area (Å²) in [5, 5.41) is 12.6. The Kier molecular flexibility index (Phi) is 17.4. The van der Waals surface area contributed by atoms with Crippen molar-refractivity contribution < 1.29 is 23.1 Å². The number of nitrogens with one attached hydrogen (secondary N) is 2. The molecule has 4 aromatic rings. The average molecular weight is 650 g/mol. The van der Waals surface area contributed by atoms with Crippen LogP contribution in [-0.4, -0.2) is 98.3 Å². The lowest BCUT2D eigenvalue weighted by Crippen LogP contribution is -2.33. The molecule has 1 aliphatic rings. The largest absolute Gasteiger partial charge is 0.383 e. The number of terminal acetylenes is 1. The van der Waals surface area contributed by atoms with Crippen molar-refractivity contribution in [3.05, 3.63) is 95.8 Å². The minimum atomic E-state index is -0.799. The van der Waals surface area contributed by atoms with E-state index in [1.807, 2.05) is 42.2 Å². The summed E-state index contributed by atoms with van der Waals surface area (Å²) < 4.78 is 30.7. The van der Waals surface area contributed by atoms with Crippen molar-refractivity contribution in [3.8, 4) is 29.8 Å². The molecule has 0 bridgehead atoms. The molecule has 5 rings (SSSR count). The topological polar surface area (TPSA) is 96.8 Å². The summed E-state index contributed by atoms with van der Waals surface area (Å²) in [6, 6.07) is 19.5. The minimum absolute atomic E-state index is 0.124. The molecule has 12 heteroatoms. The predicted molar refractivity (Wildman–Crippen MR) is 182 cm³/mol. The van der Waals surface area contributed by atoms with E-state index in [0.717, 1.165) is 72.2 Å². The van der Waals surface area contributed by atoms with Crippen LogP contribution in [0, 0.1) is 31.4 Å². The van der Waals surface area contributed by atoms with Gasteiger partial charge in [0.2, 0.25) is 6.41 Å². The maximum absolute atomic E-state index is 11.9. The minimum Gasteiger partial charge on any atom is -0.383 e. The number of likely N-dealkylation sites (N-methyl/N-ethyl adjacent to an activating group) is 1. The number of hydroxylamine groups is 2. The number of hydrogen-bond acceptors (Lipinski definition) is 8. The zero-order valence-electron chi connectivity index (χ0n) is 27.7. The summed E-state index contributed by atoms with van der Waals surface area (Å²) in [7, 11) is 7.74. The molecule has 1 fully saturated rings. The van der Waals surface area contributed by atoms with Gasteiger partial charge in [0, 0.05) is 63.2 Å². The quantitative estimate of drug-likeness (QED) is 0.180. The first-order chi connectivity index (χ1) is 22.8. The highest BCUT2D eigenvalue weighted by molar-refractivity contribution is 5.70. The third kappa shape index (κ3) is 12.6. The van der Waals surface area contributed by atoms with Crippen LogP contribution in [0.2, 0.25) is 0 Å². The van der Waals surface area contributed by atoms with Crippen molar-refractivity contribution >= 4 is 12.2 Å². The molecule has 0 unspecified atom stereocenters. The van der Waals surface area contributed by atoms with E-state index >= 15 is 0 Å². The predicted octanol–water partition coefficient (Wildman–Crippen LogP) is 4.60. The molecule has 1 amide bonds. The number of rotatable bonds is 11. The highest BCUT2D eigenvalue weighted by atomic mass is 19.2. The van der Waals surface area contributed by atoms with Gasteiger partial charge in [0.25, 0.3) is 0 Å². The lowest BCUT2D eigenvalue weighted by atomic mass is 10.1. The number of carbonyl (C=O) groups is 1. The van der Waals surface area contributed by atoms with Gasteiger partial charge in [-0.1, -0.05) is 30.3 Å². The van der Waals surface area contributed by atoms with Crippen molar-refractivity contribution in [1.29, 1.82) is 0 Å². The van der Waals surface area contributed by atoms with Crippen molar-refractivity contribution in [2.45, 2.75) is 19.4 Å². The molecule has 0 radical (unpaired) electrons. The van der Waals surface area contributed by atoms with Gasteiger partial charge in [-0.3, -0.25) is 14.6 Å². The number of pyridine rings is 1. The van der Waals surface area contributed by atoms with Crippen molar-refractivity contribution in [3.63, 3.8) is 0 Å². The molecule has 2 N–H and O–H groups in total. The smallest absolute Gasteiger partial charge is 0.207 e. The number of halogens is 2. The number of aromatic nitrogens is 3. The Hall–Kier alpha value is -4.67. The second-order valence-electron chi connectivity index (χ2n) is 10.5. The summed E-state index contributed by atoms with van der Waals surface area (Å²) in [6.07, 6.45) is 11.5. The van der Waals surface area contributed by atoms with Crippen LogP contribution in [0.3, 0.4) is 0 Å². The molecule has 3 heterocycles. The van der Waals surface area contributed by atoms with E-state index < -0.39 is 11.6 Å². The number of ether oxygens (including phenoxy) is 1. The Balaban J connectivity index is 0.000000288. The lowest BCUT2D eigenvalue weighted by molar-refractivity contribution is -0.118. The molecule has 2 aromatic carbocycles. The Labute approximate surface area is 276 Å². The van der Waals surface area contributed by atoms with Gasteiger partial charge in [-0.2, -0.15) is 10.2 Å². The zero-order valence-corrected chi connectivity index (χ0v) is 27.7. The number of anilines is 1. The van der Waals surface area contributed by atoms with Crippen LogP contribution in [0.1, 0.15) is 11.3 Å². The lowest BCUT2D eigenvalue weighted by Gasteiger charge is -2.12. The first kappa shape index (κ1) is 38.5. The van der Waals surface area contributed by atoms with Gasteiger partial charge in [-0.25, -0.2) is 13.5 Å². The fourth-order valence-corrected chi connectivity index (χ4v) is 4.45. The fraction of sp³-hybridized carbons (Fsp3) is 0.343. The van der Waals surface area contributed by atoms with E-state index in [2.05, 4.69) is 72.6 Å². The van der Waals surface area contributed by atoms with Crippen LogP contribution in [0.25, 0.3) is 16.9 Å². The molecule has 0 saturated carbocycles. The molecule has 2 aromatic heterocycles. The molecule has 1 atom stereocenters. The van der Waals surface area contributed by atoms with Crippen LogP contribution in [-0.2, 0) is 20.8 Å². The summed E-state index contributed by atoms with van der Waals surface area (Å²) in [5.74, 6) is -0.590. The van der Waals surface area contributed by atoms with Crippen molar-refractivity contribution in [2.75, 3.05) is 66.4 Å². The SMILES string of the molecule is C#C.CNc1c(C)c(-c2ccnc(CCN(C)C)c2)nn1-c1ccccc1.COCCN1C[C@@H](NC=O)CO1.Fc1ccccc1F. The summed E-state index contributed by atoms with van der Waals surface area (Å²) >= 11 is 0.